The first kappa shape index (κ1) is 24.2. The van der Waals surface area contributed by atoms with Crippen LogP contribution in [0.5, 0.6) is 0 Å². The number of piperidine rings is 1. The predicted molar refractivity (Wildman–Crippen MR) is 150 cm³/mol. The summed E-state index contributed by atoms with van der Waals surface area (Å²) in [5, 5.41) is 2.83. The molecule has 3 aromatic carbocycles. The van der Waals surface area contributed by atoms with Gasteiger partial charge in [0.25, 0.3) is 0 Å². The number of rotatable bonds is 5. The molecule has 1 aliphatic heterocycles. The highest BCUT2D eigenvalue weighted by atomic mass is 35.5. The van der Waals surface area contributed by atoms with Crippen molar-refractivity contribution in [3.05, 3.63) is 107 Å². The van der Waals surface area contributed by atoms with Crippen molar-refractivity contribution in [3.63, 3.8) is 0 Å². The van der Waals surface area contributed by atoms with Crippen LogP contribution >= 0.6 is 11.6 Å². The molecule has 0 aliphatic carbocycles. The van der Waals surface area contributed by atoms with Gasteiger partial charge in [-0.25, -0.2) is 8.42 Å². The average Bonchev–Trinajstić information content (AvgIpc) is 3.20. The van der Waals surface area contributed by atoms with Crippen molar-refractivity contribution in [1.29, 1.82) is 0 Å². The van der Waals surface area contributed by atoms with Crippen LogP contribution in [0.1, 0.15) is 35.6 Å². The lowest BCUT2D eigenvalue weighted by molar-refractivity contribution is 0.320. The number of para-hydroxylation sites is 2. The fourth-order valence-electron chi connectivity index (χ4n) is 5.76. The van der Waals surface area contributed by atoms with Crippen molar-refractivity contribution in [2.75, 3.05) is 13.1 Å². The standard InChI is InChI=1S/C30H28ClN3O2S/c1-21-29(26-8-2-3-9-27(26)34(21)20-22-11-13-25(31)14-12-22)23-15-18-33(19-16-23)37(35,36)28-10-4-6-24-7-5-17-32-30(24)28/h2-14,17,23H,15-16,18-20H2,1H3. The molecular weight excluding hydrogens is 502 g/mol. The maximum atomic E-state index is 13.6. The number of aromatic nitrogens is 2. The highest BCUT2D eigenvalue weighted by molar-refractivity contribution is 7.89. The lowest BCUT2D eigenvalue weighted by Crippen LogP contribution is -2.38. The zero-order chi connectivity index (χ0) is 25.6. The SMILES string of the molecule is Cc1c(C2CCN(S(=O)(=O)c3cccc4cccnc34)CC2)c2ccccc2n1Cc1ccc(Cl)cc1. The fraction of sp³-hybridized carbons (Fsp3) is 0.233. The van der Waals surface area contributed by atoms with Gasteiger partial charge >= 0.3 is 0 Å². The van der Waals surface area contributed by atoms with E-state index in [4.69, 9.17) is 11.6 Å². The maximum Gasteiger partial charge on any atom is 0.245 e. The molecule has 0 N–H and O–H groups in total. The summed E-state index contributed by atoms with van der Waals surface area (Å²) in [5.74, 6) is 0.300. The molecule has 0 radical (unpaired) electrons. The van der Waals surface area contributed by atoms with Gasteiger partial charge in [-0.2, -0.15) is 4.31 Å². The minimum absolute atomic E-state index is 0.291. The van der Waals surface area contributed by atoms with Crippen molar-refractivity contribution < 1.29 is 8.42 Å². The van der Waals surface area contributed by atoms with E-state index in [1.165, 1.54) is 27.7 Å². The number of sulfonamides is 1. The van der Waals surface area contributed by atoms with E-state index in [0.29, 0.717) is 29.4 Å². The van der Waals surface area contributed by atoms with Crippen LogP contribution in [0.25, 0.3) is 21.8 Å². The minimum Gasteiger partial charge on any atom is -0.340 e. The van der Waals surface area contributed by atoms with Gasteiger partial charge in [0.15, 0.2) is 0 Å². The lowest BCUT2D eigenvalue weighted by atomic mass is 9.88. The van der Waals surface area contributed by atoms with E-state index in [1.807, 2.05) is 30.3 Å². The molecule has 7 heteroatoms. The third kappa shape index (κ3) is 4.33. The zero-order valence-corrected chi connectivity index (χ0v) is 22.2. The van der Waals surface area contributed by atoms with Crippen LogP contribution in [0.3, 0.4) is 0 Å². The average molecular weight is 530 g/mol. The molecule has 6 rings (SSSR count). The molecule has 1 saturated heterocycles. The third-order valence-electron chi connectivity index (χ3n) is 7.61. The molecule has 0 saturated carbocycles. The second kappa shape index (κ2) is 9.60. The quantitative estimate of drug-likeness (QED) is 0.252. The molecule has 5 aromatic rings. The molecule has 3 heterocycles. The molecule has 1 aliphatic rings. The van der Waals surface area contributed by atoms with Crippen LogP contribution in [0.15, 0.2) is 90.0 Å². The molecule has 2 aromatic heterocycles. The number of fused-ring (bicyclic) bond motifs is 2. The number of benzene rings is 3. The second-order valence-electron chi connectivity index (χ2n) is 9.74. The van der Waals surface area contributed by atoms with Crippen molar-refractivity contribution >= 4 is 43.4 Å². The Morgan fingerprint density at radius 2 is 1.65 bits per heavy atom. The summed E-state index contributed by atoms with van der Waals surface area (Å²) in [7, 11) is -3.63. The van der Waals surface area contributed by atoms with Crippen molar-refractivity contribution in [3.8, 4) is 0 Å². The van der Waals surface area contributed by atoms with Gasteiger partial charge in [0, 0.05) is 52.8 Å². The topological polar surface area (TPSA) is 55.2 Å². The van der Waals surface area contributed by atoms with Crippen LogP contribution in [0.4, 0.5) is 0 Å². The highest BCUT2D eigenvalue weighted by Crippen LogP contribution is 2.39. The predicted octanol–water partition coefficient (Wildman–Crippen LogP) is 6.77. The van der Waals surface area contributed by atoms with Gasteiger partial charge in [-0.05, 0) is 67.1 Å². The molecule has 0 atom stereocenters. The molecule has 0 amide bonds. The van der Waals surface area contributed by atoms with E-state index < -0.39 is 10.0 Å². The van der Waals surface area contributed by atoms with Crippen LogP contribution in [0.2, 0.25) is 5.02 Å². The third-order valence-corrected chi connectivity index (χ3v) is 9.79. The Morgan fingerprint density at radius 1 is 0.919 bits per heavy atom. The summed E-state index contributed by atoms with van der Waals surface area (Å²) in [6.45, 7) is 3.94. The number of hydrogen-bond donors (Lipinski definition) is 0. The van der Waals surface area contributed by atoms with E-state index in [0.717, 1.165) is 29.8 Å². The Hall–Kier alpha value is -3.19. The molecule has 1 fully saturated rings. The summed E-state index contributed by atoms with van der Waals surface area (Å²) < 4.78 is 31.3. The number of hydrogen-bond acceptors (Lipinski definition) is 3. The Morgan fingerprint density at radius 3 is 2.43 bits per heavy atom. The Balaban J connectivity index is 1.29. The Labute approximate surface area is 222 Å². The highest BCUT2D eigenvalue weighted by Gasteiger charge is 2.33. The Bertz CT molecular complexity index is 1700. The van der Waals surface area contributed by atoms with Gasteiger partial charge < -0.3 is 4.57 Å². The van der Waals surface area contributed by atoms with Gasteiger partial charge in [-0.15, -0.1) is 0 Å². The van der Waals surface area contributed by atoms with Crippen LogP contribution in [0, 0.1) is 6.92 Å². The first-order chi connectivity index (χ1) is 17.9. The van der Waals surface area contributed by atoms with Crippen molar-refractivity contribution in [2.24, 2.45) is 0 Å². The van der Waals surface area contributed by atoms with Gasteiger partial charge in [0.1, 0.15) is 4.90 Å². The largest absolute Gasteiger partial charge is 0.340 e. The minimum atomic E-state index is -3.63. The summed E-state index contributed by atoms with van der Waals surface area (Å²) >= 11 is 6.10. The molecular formula is C30H28ClN3O2S. The normalized spacial score (nSPS) is 15.5. The second-order valence-corrected chi connectivity index (χ2v) is 12.1. The van der Waals surface area contributed by atoms with Crippen molar-refractivity contribution in [2.45, 2.75) is 37.1 Å². The van der Waals surface area contributed by atoms with E-state index in [9.17, 15) is 8.42 Å². The molecule has 0 bridgehead atoms. The Kier molecular flexibility index (Phi) is 6.27. The monoisotopic (exact) mass is 529 g/mol. The number of pyridine rings is 1. The summed E-state index contributed by atoms with van der Waals surface area (Å²) in [6.07, 6.45) is 3.22. The lowest BCUT2D eigenvalue weighted by Gasteiger charge is -2.32. The van der Waals surface area contributed by atoms with E-state index in [1.54, 1.807) is 22.6 Å². The van der Waals surface area contributed by atoms with E-state index in [-0.39, 0.29) is 0 Å². The zero-order valence-electron chi connectivity index (χ0n) is 20.6. The first-order valence-corrected chi connectivity index (χ1v) is 14.4. The summed E-state index contributed by atoms with van der Waals surface area (Å²) in [5.41, 5.74) is 5.53. The van der Waals surface area contributed by atoms with Crippen LogP contribution in [-0.4, -0.2) is 35.4 Å². The summed E-state index contributed by atoms with van der Waals surface area (Å²) in [4.78, 5) is 4.67. The number of nitrogens with zero attached hydrogens (tertiary/aromatic N) is 3. The maximum absolute atomic E-state index is 13.6. The van der Waals surface area contributed by atoms with Gasteiger partial charge in [-0.1, -0.05) is 60.1 Å². The first-order valence-electron chi connectivity index (χ1n) is 12.6. The van der Waals surface area contributed by atoms with Crippen LogP contribution < -0.4 is 0 Å². The van der Waals surface area contributed by atoms with E-state index in [2.05, 4.69) is 52.9 Å². The van der Waals surface area contributed by atoms with Crippen molar-refractivity contribution in [1.82, 2.24) is 13.9 Å². The molecule has 5 nitrogen and oxygen atoms in total. The smallest absolute Gasteiger partial charge is 0.245 e. The molecule has 0 spiro atoms. The van der Waals surface area contributed by atoms with Crippen LogP contribution in [-0.2, 0) is 16.6 Å². The molecule has 37 heavy (non-hydrogen) atoms. The van der Waals surface area contributed by atoms with Gasteiger partial charge in [0.05, 0.1) is 5.52 Å². The number of halogens is 1. The fourth-order valence-corrected chi connectivity index (χ4v) is 7.52. The van der Waals surface area contributed by atoms with E-state index >= 15 is 0 Å². The molecule has 188 valence electrons. The summed E-state index contributed by atoms with van der Waals surface area (Å²) in [6, 6.07) is 25.6. The molecule has 0 unspecified atom stereocenters. The van der Waals surface area contributed by atoms with Gasteiger partial charge in [0.2, 0.25) is 10.0 Å². The van der Waals surface area contributed by atoms with Gasteiger partial charge in [-0.3, -0.25) is 4.98 Å².